The summed E-state index contributed by atoms with van der Waals surface area (Å²) in [6.45, 7) is 6.84. The van der Waals surface area contributed by atoms with E-state index in [1.165, 1.54) is 15.6 Å². The molecule has 4 rings (SSSR count). The maximum Gasteiger partial charge on any atom is 0.264 e. The molecule has 1 N–H and O–H groups in total. The topological polar surface area (TPSA) is 24.8 Å². The van der Waals surface area contributed by atoms with Gasteiger partial charge in [-0.2, -0.15) is 0 Å². The van der Waals surface area contributed by atoms with Crippen molar-refractivity contribution in [1.29, 1.82) is 0 Å². The van der Waals surface area contributed by atoms with Crippen LogP contribution in [0.5, 0.6) is 0 Å². The molecule has 1 saturated heterocycles. The van der Waals surface area contributed by atoms with Gasteiger partial charge in [-0.15, -0.1) is 11.3 Å². The molecule has 2 aromatic carbocycles. The van der Waals surface area contributed by atoms with Crippen molar-refractivity contribution in [2.24, 2.45) is 0 Å². The summed E-state index contributed by atoms with van der Waals surface area (Å²) in [6, 6.07) is 18.9. The minimum absolute atomic E-state index is 0.206. The Morgan fingerprint density at radius 3 is 2.44 bits per heavy atom. The quantitative estimate of drug-likeness (QED) is 0.771. The number of carbonyl (C=O) groups excluding carboxylic acids is 1. The number of quaternary nitrogens is 1. The van der Waals surface area contributed by atoms with Crippen LogP contribution >= 0.6 is 11.3 Å². The number of amides is 1. The second-order valence-electron chi connectivity index (χ2n) is 6.76. The fraction of sp³-hybridized carbons (Fsp3) is 0.286. The number of fused-ring (bicyclic) bond motifs is 1. The van der Waals surface area contributed by atoms with Crippen LogP contribution in [0.2, 0.25) is 0 Å². The molecular formula is C21H23N2OS+. The van der Waals surface area contributed by atoms with Crippen LogP contribution in [-0.4, -0.2) is 37.0 Å². The lowest BCUT2D eigenvalue weighted by Crippen LogP contribution is -3.13. The Kier molecular flexibility index (Phi) is 4.55. The third-order valence-electron chi connectivity index (χ3n) is 5.09. The summed E-state index contributed by atoms with van der Waals surface area (Å²) in [4.78, 5) is 17.5. The Balaban J connectivity index is 1.43. The summed E-state index contributed by atoms with van der Waals surface area (Å²) in [6.07, 6.45) is 0. The second-order valence-corrected chi connectivity index (χ2v) is 7.81. The summed E-state index contributed by atoms with van der Waals surface area (Å²) in [5.74, 6) is 0.206. The molecule has 0 spiro atoms. The van der Waals surface area contributed by atoms with E-state index in [0.29, 0.717) is 0 Å². The van der Waals surface area contributed by atoms with Gasteiger partial charge >= 0.3 is 0 Å². The van der Waals surface area contributed by atoms with Gasteiger partial charge in [0.25, 0.3) is 5.91 Å². The molecule has 1 fully saturated rings. The molecule has 1 aromatic heterocycles. The van der Waals surface area contributed by atoms with Crippen LogP contribution in [0.25, 0.3) is 10.1 Å². The zero-order chi connectivity index (χ0) is 17.2. The molecule has 3 nitrogen and oxygen atoms in total. The molecule has 3 aromatic rings. The van der Waals surface area contributed by atoms with Crippen molar-refractivity contribution in [2.75, 3.05) is 26.2 Å². The van der Waals surface area contributed by atoms with Crippen molar-refractivity contribution < 1.29 is 9.69 Å². The van der Waals surface area contributed by atoms with Crippen molar-refractivity contribution >= 4 is 27.3 Å². The van der Waals surface area contributed by atoms with E-state index in [-0.39, 0.29) is 5.91 Å². The Bertz CT molecular complexity index is 879. The lowest BCUT2D eigenvalue weighted by atomic mass is 10.1. The number of rotatable bonds is 3. The van der Waals surface area contributed by atoms with Gasteiger partial charge in [0.2, 0.25) is 0 Å². The minimum atomic E-state index is 0.206. The van der Waals surface area contributed by atoms with E-state index in [1.807, 2.05) is 17.0 Å². The highest BCUT2D eigenvalue weighted by Gasteiger charge is 2.27. The van der Waals surface area contributed by atoms with Gasteiger partial charge in [0, 0.05) is 10.3 Å². The number of hydrogen-bond acceptors (Lipinski definition) is 2. The van der Waals surface area contributed by atoms with Gasteiger partial charge < -0.3 is 9.80 Å². The summed E-state index contributed by atoms with van der Waals surface area (Å²) in [7, 11) is 0. The average molecular weight is 351 g/mol. The summed E-state index contributed by atoms with van der Waals surface area (Å²) < 4.78 is 1.21. The third-order valence-corrected chi connectivity index (χ3v) is 6.35. The number of benzene rings is 2. The Hall–Kier alpha value is -2.17. The molecular weight excluding hydrogens is 328 g/mol. The normalized spacial score (nSPS) is 15.6. The predicted molar refractivity (Wildman–Crippen MR) is 103 cm³/mol. The fourth-order valence-corrected chi connectivity index (χ4v) is 4.79. The number of hydrogen-bond donors (Lipinski definition) is 1. The van der Waals surface area contributed by atoms with Gasteiger partial charge in [-0.1, -0.05) is 48.5 Å². The van der Waals surface area contributed by atoms with E-state index in [1.54, 1.807) is 16.2 Å². The Morgan fingerprint density at radius 2 is 1.72 bits per heavy atom. The molecule has 1 aliphatic rings. The first-order valence-corrected chi connectivity index (χ1v) is 9.69. The maximum absolute atomic E-state index is 13.0. The average Bonchev–Trinajstić information content (AvgIpc) is 3.00. The van der Waals surface area contributed by atoms with E-state index in [9.17, 15) is 4.79 Å². The van der Waals surface area contributed by atoms with E-state index in [4.69, 9.17) is 0 Å². The number of nitrogens with one attached hydrogen (secondary N) is 1. The predicted octanol–water partition coefficient (Wildman–Crippen LogP) is 2.75. The SMILES string of the molecule is Cc1c(C(=O)N2CC[NH+](Cc3ccccc3)CC2)sc2ccccc12. The standard InChI is InChI=1S/C21H22N2OS/c1-16-18-9-5-6-10-19(18)25-20(16)21(24)23-13-11-22(12-14-23)15-17-7-3-2-4-8-17/h2-10H,11-15H2,1H3/p+1. The number of carbonyl (C=O) groups is 1. The maximum atomic E-state index is 13.0. The Labute approximate surface area is 152 Å². The van der Waals surface area contributed by atoms with Crippen molar-refractivity contribution in [3.63, 3.8) is 0 Å². The fourth-order valence-electron chi connectivity index (χ4n) is 3.61. The summed E-state index contributed by atoms with van der Waals surface area (Å²) in [5.41, 5.74) is 2.50. The van der Waals surface area contributed by atoms with E-state index in [0.717, 1.165) is 43.2 Å². The second kappa shape index (κ2) is 6.98. The van der Waals surface area contributed by atoms with E-state index in [2.05, 4.69) is 49.4 Å². The molecule has 1 aliphatic heterocycles. The minimum Gasteiger partial charge on any atom is -0.328 e. The molecule has 4 heteroatoms. The summed E-state index contributed by atoms with van der Waals surface area (Å²) in [5, 5.41) is 1.21. The summed E-state index contributed by atoms with van der Waals surface area (Å²) >= 11 is 1.63. The number of aryl methyl sites for hydroxylation is 1. The smallest absolute Gasteiger partial charge is 0.264 e. The molecule has 0 radical (unpaired) electrons. The van der Waals surface area contributed by atoms with Crippen molar-refractivity contribution in [2.45, 2.75) is 13.5 Å². The molecule has 0 unspecified atom stereocenters. The van der Waals surface area contributed by atoms with E-state index >= 15 is 0 Å². The van der Waals surface area contributed by atoms with Crippen LogP contribution in [0.3, 0.4) is 0 Å². The van der Waals surface area contributed by atoms with Crippen LogP contribution in [0.4, 0.5) is 0 Å². The molecule has 128 valence electrons. The first kappa shape index (κ1) is 16.3. The van der Waals surface area contributed by atoms with Crippen LogP contribution in [0.15, 0.2) is 54.6 Å². The van der Waals surface area contributed by atoms with Gasteiger partial charge in [-0.05, 0) is 23.9 Å². The van der Waals surface area contributed by atoms with Crippen LogP contribution in [-0.2, 0) is 6.54 Å². The van der Waals surface area contributed by atoms with Gasteiger partial charge in [-0.25, -0.2) is 0 Å². The van der Waals surface area contributed by atoms with Crippen molar-refractivity contribution in [3.05, 3.63) is 70.6 Å². The molecule has 25 heavy (non-hydrogen) atoms. The monoisotopic (exact) mass is 351 g/mol. The van der Waals surface area contributed by atoms with Gasteiger partial charge in [-0.3, -0.25) is 4.79 Å². The van der Waals surface area contributed by atoms with Crippen LogP contribution in [0.1, 0.15) is 20.8 Å². The number of piperazine rings is 1. The molecule has 2 heterocycles. The lowest BCUT2D eigenvalue weighted by molar-refractivity contribution is -0.917. The molecule has 0 saturated carbocycles. The van der Waals surface area contributed by atoms with Gasteiger partial charge in [0.1, 0.15) is 6.54 Å². The third kappa shape index (κ3) is 3.32. The van der Waals surface area contributed by atoms with Crippen LogP contribution in [0, 0.1) is 6.92 Å². The molecule has 1 amide bonds. The zero-order valence-corrected chi connectivity index (χ0v) is 15.3. The van der Waals surface area contributed by atoms with Crippen molar-refractivity contribution in [3.8, 4) is 0 Å². The lowest BCUT2D eigenvalue weighted by Gasteiger charge is -2.32. The molecule has 0 atom stereocenters. The first-order valence-electron chi connectivity index (χ1n) is 8.87. The highest BCUT2D eigenvalue weighted by Crippen LogP contribution is 2.31. The zero-order valence-electron chi connectivity index (χ0n) is 14.5. The van der Waals surface area contributed by atoms with Gasteiger partial charge in [0.05, 0.1) is 31.1 Å². The molecule has 0 bridgehead atoms. The highest BCUT2D eigenvalue weighted by atomic mass is 32.1. The van der Waals surface area contributed by atoms with E-state index < -0.39 is 0 Å². The Morgan fingerprint density at radius 1 is 1.04 bits per heavy atom. The molecule has 0 aliphatic carbocycles. The first-order chi connectivity index (χ1) is 12.2. The van der Waals surface area contributed by atoms with Crippen LogP contribution < -0.4 is 4.90 Å². The van der Waals surface area contributed by atoms with Gasteiger partial charge in [0.15, 0.2) is 0 Å². The number of nitrogens with zero attached hydrogens (tertiary/aromatic N) is 1. The number of thiophene rings is 1. The largest absolute Gasteiger partial charge is 0.328 e. The highest BCUT2D eigenvalue weighted by molar-refractivity contribution is 7.21. The van der Waals surface area contributed by atoms with Crippen molar-refractivity contribution in [1.82, 2.24) is 4.90 Å².